The fourth-order valence-corrected chi connectivity index (χ4v) is 2.27. The Balaban J connectivity index is 1.62. The van der Waals surface area contributed by atoms with Crippen molar-refractivity contribution in [3.05, 3.63) is 64.8 Å². The lowest BCUT2D eigenvalue weighted by Gasteiger charge is -2.04. The molecule has 124 valence electrons. The number of ether oxygens (including phenoxy) is 1. The van der Waals surface area contributed by atoms with Gasteiger partial charge in [0.2, 0.25) is 0 Å². The third kappa shape index (κ3) is 3.60. The lowest BCUT2D eigenvalue weighted by molar-refractivity contribution is 0.0992. The summed E-state index contributed by atoms with van der Waals surface area (Å²) < 4.78 is 12.8. The third-order valence-corrected chi connectivity index (χ3v) is 3.78. The number of aryl methyl sites for hydroxylation is 1. The molecule has 1 amide bonds. The molecule has 0 unspecified atom stereocenters. The van der Waals surface area contributed by atoms with Gasteiger partial charge in [0.1, 0.15) is 18.1 Å². The van der Waals surface area contributed by atoms with Gasteiger partial charge in [0, 0.05) is 12.1 Å². The van der Waals surface area contributed by atoms with E-state index in [0.29, 0.717) is 22.2 Å². The SMILES string of the molecule is Cc1c(NC(=O)c2ccc(COc3cccc(Cl)c3)o2)cnn1C. The van der Waals surface area contributed by atoms with Crippen LogP contribution >= 0.6 is 11.6 Å². The molecule has 24 heavy (non-hydrogen) atoms. The molecule has 0 saturated carbocycles. The summed E-state index contributed by atoms with van der Waals surface area (Å²) in [5.74, 6) is 1.06. The summed E-state index contributed by atoms with van der Waals surface area (Å²) in [4.78, 5) is 12.2. The van der Waals surface area contributed by atoms with Crippen LogP contribution in [0.15, 0.2) is 47.0 Å². The van der Waals surface area contributed by atoms with Crippen molar-refractivity contribution in [3.63, 3.8) is 0 Å². The Hall–Kier alpha value is -2.73. The molecular formula is C17H16ClN3O3. The number of hydrogen-bond donors (Lipinski definition) is 1. The van der Waals surface area contributed by atoms with Crippen LogP contribution in [0, 0.1) is 6.92 Å². The maximum Gasteiger partial charge on any atom is 0.291 e. The minimum Gasteiger partial charge on any atom is -0.486 e. The van der Waals surface area contributed by atoms with E-state index in [1.807, 2.05) is 14.0 Å². The number of benzene rings is 1. The van der Waals surface area contributed by atoms with Crippen molar-refractivity contribution in [3.8, 4) is 5.75 Å². The number of aromatic nitrogens is 2. The number of halogens is 1. The highest BCUT2D eigenvalue weighted by Gasteiger charge is 2.14. The second-order valence-electron chi connectivity index (χ2n) is 5.23. The van der Waals surface area contributed by atoms with E-state index in [9.17, 15) is 4.79 Å². The van der Waals surface area contributed by atoms with Crippen LogP contribution in [0.4, 0.5) is 5.69 Å². The van der Waals surface area contributed by atoms with Gasteiger partial charge in [0.15, 0.2) is 5.76 Å². The molecule has 0 radical (unpaired) electrons. The zero-order chi connectivity index (χ0) is 17.1. The van der Waals surface area contributed by atoms with Crippen molar-refractivity contribution in [2.24, 2.45) is 7.05 Å². The summed E-state index contributed by atoms with van der Waals surface area (Å²) in [6, 6.07) is 10.4. The number of amides is 1. The van der Waals surface area contributed by atoms with E-state index < -0.39 is 0 Å². The summed E-state index contributed by atoms with van der Waals surface area (Å²) in [5.41, 5.74) is 1.51. The van der Waals surface area contributed by atoms with Gasteiger partial charge < -0.3 is 14.5 Å². The number of furan rings is 1. The van der Waals surface area contributed by atoms with E-state index in [1.54, 1.807) is 47.3 Å². The Morgan fingerprint density at radius 3 is 2.92 bits per heavy atom. The first-order valence-corrected chi connectivity index (χ1v) is 7.68. The van der Waals surface area contributed by atoms with Crippen molar-refractivity contribution >= 4 is 23.2 Å². The minimum absolute atomic E-state index is 0.208. The quantitative estimate of drug-likeness (QED) is 0.763. The molecule has 7 heteroatoms. The van der Waals surface area contributed by atoms with Crippen LogP contribution in [0.2, 0.25) is 5.02 Å². The Labute approximate surface area is 144 Å². The number of nitrogens with one attached hydrogen (secondary N) is 1. The highest BCUT2D eigenvalue weighted by Crippen LogP contribution is 2.20. The van der Waals surface area contributed by atoms with Gasteiger partial charge in [0.25, 0.3) is 5.91 Å². The largest absolute Gasteiger partial charge is 0.486 e. The van der Waals surface area contributed by atoms with Crippen LogP contribution in [0.3, 0.4) is 0 Å². The van der Waals surface area contributed by atoms with Crippen molar-refractivity contribution in [1.82, 2.24) is 9.78 Å². The molecule has 0 aliphatic carbocycles. The van der Waals surface area contributed by atoms with Gasteiger partial charge in [-0.25, -0.2) is 0 Å². The maximum atomic E-state index is 12.2. The Morgan fingerprint density at radius 1 is 1.38 bits per heavy atom. The van der Waals surface area contributed by atoms with Gasteiger partial charge in [-0.1, -0.05) is 17.7 Å². The molecule has 3 aromatic rings. The normalized spacial score (nSPS) is 10.6. The molecule has 0 fully saturated rings. The monoisotopic (exact) mass is 345 g/mol. The van der Waals surface area contributed by atoms with Crippen molar-refractivity contribution in [2.75, 3.05) is 5.32 Å². The van der Waals surface area contributed by atoms with E-state index >= 15 is 0 Å². The van der Waals surface area contributed by atoms with Crippen LogP contribution in [-0.4, -0.2) is 15.7 Å². The highest BCUT2D eigenvalue weighted by molar-refractivity contribution is 6.30. The van der Waals surface area contributed by atoms with Crippen LogP contribution < -0.4 is 10.1 Å². The van der Waals surface area contributed by atoms with E-state index in [2.05, 4.69) is 10.4 Å². The molecular weight excluding hydrogens is 330 g/mol. The third-order valence-electron chi connectivity index (χ3n) is 3.55. The van der Waals surface area contributed by atoms with Crippen LogP contribution in [0.5, 0.6) is 5.75 Å². The molecule has 0 atom stereocenters. The molecule has 2 aromatic heterocycles. The number of nitrogens with zero attached hydrogens (tertiary/aromatic N) is 2. The van der Waals surface area contributed by atoms with E-state index in [1.165, 1.54) is 0 Å². The fourth-order valence-electron chi connectivity index (χ4n) is 2.09. The number of anilines is 1. The average molecular weight is 346 g/mol. The second kappa shape index (κ2) is 6.80. The molecule has 2 heterocycles. The number of rotatable bonds is 5. The smallest absolute Gasteiger partial charge is 0.291 e. The van der Waals surface area contributed by atoms with Crippen molar-refractivity contribution in [2.45, 2.75) is 13.5 Å². The summed E-state index contributed by atoms with van der Waals surface area (Å²) in [6.07, 6.45) is 1.60. The predicted octanol–water partition coefficient (Wildman–Crippen LogP) is 3.81. The summed E-state index contributed by atoms with van der Waals surface area (Å²) in [7, 11) is 1.81. The second-order valence-corrected chi connectivity index (χ2v) is 5.67. The van der Waals surface area contributed by atoms with Gasteiger partial charge >= 0.3 is 0 Å². The molecule has 3 rings (SSSR count). The van der Waals surface area contributed by atoms with Gasteiger partial charge in [-0.15, -0.1) is 0 Å². The molecule has 0 spiro atoms. The number of carbonyl (C=O) groups is 1. The minimum atomic E-state index is -0.333. The first-order valence-electron chi connectivity index (χ1n) is 7.30. The zero-order valence-corrected chi connectivity index (χ0v) is 14.0. The highest BCUT2D eigenvalue weighted by atomic mass is 35.5. The molecule has 1 N–H and O–H groups in total. The van der Waals surface area contributed by atoms with E-state index in [-0.39, 0.29) is 18.3 Å². The summed E-state index contributed by atoms with van der Waals surface area (Å²) in [5, 5.41) is 7.44. The standard InChI is InChI=1S/C17H16ClN3O3/c1-11-15(9-19-21(11)2)20-17(22)16-7-6-14(24-16)10-23-13-5-3-4-12(18)8-13/h3-9H,10H2,1-2H3,(H,20,22). The lowest BCUT2D eigenvalue weighted by atomic mass is 10.3. The van der Waals surface area contributed by atoms with Gasteiger partial charge in [-0.3, -0.25) is 9.48 Å². The Kier molecular flexibility index (Phi) is 4.57. The first kappa shape index (κ1) is 16.1. The van der Waals surface area contributed by atoms with E-state index in [0.717, 1.165) is 5.69 Å². The zero-order valence-electron chi connectivity index (χ0n) is 13.2. The molecule has 6 nitrogen and oxygen atoms in total. The lowest BCUT2D eigenvalue weighted by Crippen LogP contribution is -2.11. The molecule has 1 aromatic carbocycles. The van der Waals surface area contributed by atoms with Gasteiger partial charge in [0.05, 0.1) is 17.6 Å². The fraction of sp³-hybridized carbons (Fsp3) is 0.176. The Bertz CT molecular complexity index is 870. The number of carbonyl (C=O) groups excluding carboxylic acids is 1. The van der Waals surface area contributed by atoms with Gasteiger partial charge in [-0.05, 0) is 37.3 Å². The summed E-state index contributed by atoms with van der Waals surface area (Å²) >= 11 is 5.90. The van der Waals surface area contributed by atoms with E-state index in [4.69, 9.17) is 20.8 Å². The number of hydrogen-bond acceptors (Lipinski definition) is 4. The average Bonchev–Trinajstić information content (AvgIpc) is 3.15. The Morgan fingerprint density at radius 2 is 2.21 bits per heavy atom. The molecule has 0 aliphatic rings. The van der Waals surface area contributed by atoms with Crippen molar-refractivity contribution in [1.29, 1.82) is 0 Å². The van der Waals surface area contributed by atoms with Crippen molar-refractivity contribution < 1.29 is 13.9 Å². The van der Waals surface area contributed by atoms with Crippen LogP contribution in [0.1, 0.15) is 22.0 Å². The molecule has 0 bridgehead atoms. The van der Waals surface area contributed by atoms with Crippen LogP contribution in [0.25, 0.3) is 0 Å². The topological polar surface area (TPSA) is 69.3 Å². The van der Waals surface area contributed by atoms with Gasteiger partial charge in [-0.2, -0.15) is 5.10 Å². The maximum absolute atomic E-state index is 12.2. The van der Waals surface area contributed by atoms with Crippen LogP contribution in [-0.2, 0) is 13.7 Å². The summed E-state index contributed by atoms with van der Waals surface area (Å²) in [6.45, 7) is 2.08. The molecule has 0 saturated heterocycles. The first-order chi connectivity index (χ1) is 11.5. The predicted molar refractivity (Wildman–Crippen MR) is 90.4 cm³/mol. The molecule has 0 aliphatic heterocycles.